The first kappa shape index (κ1) is 14.9. The summed E-state index contributed by atoms with van der Waals surface area (Å²) in [5, 5.41) is 3.26. The van der Waals surface area contributed by atoms with Gasteiger partial charge in [0, 0.05) is 4.47 Å². The third kappa shape index (κ3) is 2.83. The highest BCUT2D eigenvalue weighted by Gasteiger charge is 2.21. The summed E-state index contributed by atoms with van der Waals surface area (Å²) in [5.74, 6) is 3.12. The van der Waals surface area contributed by atoms with Crippen molar-refractivity contribution in [1.29, 1.82) is 0 Å². The Bertz CT molecular complexity index is 595. The summed E-state index contributed by atoms with van der Waals surface area (Å²) >= 11 is 3.58. The van der Waals surface area contributed by atoms with Gasteiger partial charge in [-0.05, 0) is 43.8 Å². The highest BCUT2D eigenvalue weighted by molar-refractivity contribution is 9.10. The standard InChI is InChI=1S/C15H18BrNO3/c1-9-5-6-12(20-9)15(17-2)10-7-13(18-3)14(19-4)8-11(10)16/h5-8,15,17H,1-4H3. The number of benzene rings is 1. The van der Waals surface area contributed by atoms with Crippen molar-refractivity contribution in [1.82, 2.24) is 5.32 Å². The molecule has 5 heteroatoms. The lowest BCUT2D eigenvalue weighted by molar-refractivity contribution is 0.353. The number of nitrogens with one attached hydrogen (secondary N) is 1. The van der Waals surface area contributed by atoms with E-state index in [1.807, 2.05) is 38.2 Å². The summed E-state index contributed by atoms with van der Waals surface area (Å²) in [4.78, 5) is 0. The molecular formula is C15H18BrNO3. The number of furan rings is 1. The van der Waals surface area contributed by atoms with Gasteiger partial charge in [-0.2, -0.15) is 0 Å². The van der Waals surface area contributed by atoms with Gasteiger partial charge in [0.05, 0.1) is 20.3 Å². The van der Waals surface area contributed by atoms with Crippen LogP contribution in [0.4, 0.5) is 0 Å². The predicted molar refractivity (Wildman–Crippen MR) is 81.6 cm³/mol. The van der Waals surface area contributed by atoms with E-state index in [1.165, 1.54) is 0 Å². The molecule has 0 aliphatic heterocycles. The molecule has 1 heterocycles. The highest BCUT2D eigenvalue weighted by Crippen LogP contribution is 2.38. The SMILES string of the molecule is CNC(c1ccc(C)o1)c1cc(OC)c(OC)cc1Br. The molecule has 2 aromatic rings. The third-order valence-corrected chi connectivity index (χ3v) is 3.83. The van der Waals surface area contributed by atoms with Gasteiger partial charge in [-0.1, -0.05) is 15.9 Å². The Labute approximate surface area is 127 Å². The Morgan fingerprint density at radius 1 is 1.15 bits per heavy atom. The van der Waals surface area contributed by atoms with Gasteiger partial charge in [0.25, 0.3) is 0 Å². The predicted octanol–water partition coefficient (Wildman–Crippen LogP) is 3.68. The van der Waals surface area contributed by atoms with Crippen LogP contribution in [0.25, 0.3) is 0 Å². The van der Waals surface area contributed by atoms with Gasteiger partial charge < -0.3 is 19.2 Å². The Balaban J connectivity index is 2.49. The van der Waals surface area contributed by atoms with Crippen LogP contribution in [0.5, 0.6) is 11.5 Å². The van der Waals surface area contributed by atoms with E-state index in [-0.39, 0.29) is 6.04 Å². The molecule has 0 spiro atoms. The van der Waals surface area contributed by atoms with Crippen molar-refractivity contribution in [2.45, 2.75) is 13.0 Å². The smallest absolute Gasteiger partial charge is 0.161 e. The van der Waals surface area contributed by atoms with Crippen molar-refractivity contribution in [2.24, 2.45) is 0 Å². The molecule has 0 aliphatic carbocycles. The Morgan fingerprint density at radius 2 is 1.80 bits per heavy atom. The Morgan fingerprint density at radius 3 is 2.30 bits per heavy atom. The monoisotopic (exact) mass is 339 g/mol. The molecule has 0 bridgehead atoms. The maximum Gasteiger partial charge on any atom is 0.161 e. The molecule has 0 saturated carbocycles. The zero-order chi connectivity index (χ0) is 14.7. The Hall–Kier alpha value is -1.46. The lowest BCUT2D eigenvalue weighted by Gasteiger charge is -2.18. The summed E-state index contributed by atoms with van der Waals surface area (Å²) in [6.45, 7) is 1.93. The molecule has 2 rings (SSSR count). The number of aryl methyl sites for hydroxylation is 1. The summed E-state index contributed by atoms with van der Waals surface area (Å²) < 4.78 is 17.3. The number of hydrogen-bond acceptors (Lipinski definition) is 4. The van der Waals surface area contributed by atoms with Gasteiger partial charge in [0.1, 0.15) is 11.5 Å². The fourth-order valence-electron chi connectivity index (χ4n) is 2.15. The van der Waals surface area contributed by atoms with Crippen LogP contribution in [0.15, 0.2) is 33.2 Å². The topological polar surface area (TPSA) is 43.6 Å². The minimum Gasteiger partial charge on any atom is -0.493 e. The van der Waals surface area contributed by atoms with E-state index in [4.69, 9.17) is 13.9 Å². The molecule has 1 aromatic carbocycles. The van der Waals surface area contributed by atoms with Crippen molar-refractivity contribution >= 4 is 15.9 Å². The number of hydrogen-bond donors (Lipinski definition) is 1. The van der Waals surface area contributed by atoms with Crippen molar-refractivity contribution in [3.8, 4) is 11.5 Å². The third-order valence-electron chi connectivity index (χ3n) is 3.15. The van der Waals surface area contributed by atoms with Gasteiger partial charge in [0.2, 0.25) is 0 Å². The first-order valence-electron chi connectivity index (χ1n) is 6.25. The molecule has 1 unspecified atom stereocenters. The highest BCUT2D eigenvalue weighted by atomic mass is 79.9. The first-order valence-corrected chi connectivity index (χ1v) is 7.05. The summed E-state index contributed by atoms with van der Waals surface area (Å²) in [6, 6.07) is 7.71. The summed E-state index contributed by atoms with van der Waals surface area (Å²) in [7, 11) is 5.14. The fraction of sp³-hybridized carbons (Fsp3) is 0.333. The molecule has 0 radical (unpaired) electrons. The molecule has 20 heavy (non-hydrogen) atoms. The van der Waals surface area contributed by atoms with Gasteiger partial charge in [-0.25, -0.2) is 0 Å². The molecule has 0 saturated heterocycles. The molecule has 0 fully saturated rings. The van der Waals surface area contributed by atoms with E-state index in [2.05, 4.69) is 21.2 Å². The van der Waals surface area contributed by atoms with E-state index in [1.54, 1.807) is 14.2 Å². The van der Waals surface area contributed by atoms with Crippen molar-refractivity contribution in [3.05, 3.63) is 45.8 Å². The molecule has 1 aromatic heterocycles. The van der Waals surface area contributed by atoms with Gasteiger partial charge >= 0.3 is 0 Å². The lowest BCUT2D eigenvalue weighted by atomic mass is 10.0. The second kappa shape index (κ2) is 6.33. The number of methoxy groups -OCH3 is 2. The fourth-order valence-corrected chi connectivity index (χ4v) is 2.70. The van der Waals surface area contributed by atoms with Gasteiger partial charge in [-0.15, -0.1) is 0 Å². The number of ether oxygens (including phenoxy) is 2. The number of rotatable bonds is 5. The molecule has 0 aliphatic rings. The second-order valence-electron chi connectivity index (χ2n) is 4.40. The average molecular weight is 340 g/mol. The molecule has 4 nitrogen and oxygen atoms in total. The van der Waals surface area contributed by atoms with E-state index >= 15 is 0 Å². The van der Waals surface area contributed by atoms with Crippen LogP contribution in [-0.4, -0.2) is 21.3 Å². The molecular weight excluding hydrogens is 322 g/mol. The summed E-state index contributed by atoms with van der Waals surface area (Å²) in [6.07, 6.45) is 0. The average Bonchev–Trinajstić information content (AvgIpc) is 2.87. The van der Waals surface area contributed by atoms with Crippen molar-refractivity contribution in [3.63, 3.8) is 0 Å². The lowest BCUT2D eigenvalue weighted by Crippen LogP contribution is -2.17. The normalized spacial score (nSPS) is 12.2. The van der Waals surface area contributed by atoms with Crippen molar-refractivity contribution < 1.29 is 13.9 Å². The minimum absolute atomic E-state index is 0.0575. The van der Waals surface area contributed by atoms with E-state index in [0.29, 0.717) is 11.5 Å². The zero-order valence-corrected chi connectivity index (χ0v) is 13.6. The summed E-state index contributed by atoms with van der Waals surface area (Å²) in [5.41, 5.74) is 1.03. The van der Waals surface area contributed by atoms with Crippen LogP contribution in [0, 0.1) is 6.92 Å². The van der Waals surface area contributed by atoms with Gasteiger partial charge in [0.15, 0.2) is 11.5 Å². The van der Waals surface area contributed by atoms with E-state index in [9.17, 15) is 0 Å². The molecule has 108 valence electrons. The Kier molecular flexibility index (Phi) is 4.73. The van der Waals surface area contributed by atoms with Crippen LogP contribution in [0.2, 0.25) is 0 Å². The molecule has 1 N–H and O–H groups in total. The molecule has 0 amide bonds. The second-order valence-corrected chi connectivity index (χ2v) is 5.25. The molecule has 1 atom stereocenters. The quantitative estimate of drug-likeness (QED) is 0.902. The minimum atomic E-state index is -0.0575. The van der Waals surface area contributed by atoms with Crippen LogP contribution in [0.3, 0.4) is 0 Å². The first-order chi connectivity index (χ1) is 9.60. The largest absolute Gasteiger partial charge is 0.493 e. The van der Waals surface area contributed by atoms with Crippen molar-refractivity contribution in [2.75, 3.05) is 21.3 Å². The number of halogens is 1. The van der Waals surface area contributed by atoms with Crippen LogP contribution in [-0.2, 0) is 0 Å². The zero-order valence-electron chi connectivity index (χ0n) is 12.0. The van der Waals surface area contributed by atoms with E-state index in [0.717, 1.165) is 21.6 Å². The van der Waals surface area contributed by atoms with Gasteiger partial charge in [-0.3, -0.25) is 0 Å². The van der Waals surface area contributed by atoms with E-state index < -0.39 is 0 Å². The maximum absolute atomic E-state index is 5.72. The van der Waals surface area contributed by atoms with Crippen LogP contribution in [0.1, 0.15) is 23.1 Å². The van der Waals surface area contributed by atoms with Crippen LogP contribution < -0.4 is 14.8 Å². The maximum atomic E-state index is 5.72. The van der Waals surface area contributed by atoms with Crippen LogP contribution >= 0.6 is 15.9 Å².